The van der Waals surface area contributed by atoms with Gasteiger partial charge in [-0.3, -0.25) is 4.90 Å². The van der Waals surface area contributed by atoms with Gasteiger partial charge < -0.3 is 4.90 Å². The number of allylic oxidation sites excluding steroid dienone is 3. The molecule has 0 unspecified atom stereocenters. The van der Waals surface area contributed by atoms with Gasteiger partial charge in [-0.25, -0.2) is 0 Å². The molecule has 0 aromatic carbocycles. The SMILES string of the molecule is C=CC(=C)CCN1CCN(C2C=CC=C2)CC1. The maximum absolute atomic E-state index is 3.96. The zero-order valence-corrected chi connectivity index (χ0v) is 10.5. The van der Waals surface area contributed by atoms with Crippen LogP contribution in [0.25, 0.3) is 0 Å². The first-order valence-electron chi connectivity index (χ1n) is 6.41. The molecular formula is C15H22N2. The van der Waals surface area contributed by atoms with E-state index in [0.29, 0.717) is 6.04 Å². The highest BCUT2D eigenvalue weighted by molar-refractivity contribution is 5.21. The summed E-state index contributed by atoms with van der Waals surface area (Å²) in [5, 5.41) is 0. The van der Waals surface area contributed by atoms with E-state index in [0.717, 1.165) is 18.5 Å². The summed E-state index contributed by atoms with van der Waals surface area (Å²) in [5.41, 5.74) is 1.15. The lowest BCUT2D eigenvalue weighted by atomic mass is 10.2. The summed E-state index contributed by atoms with van der Waals surface area (Å²) < 4.78 is 0. The van der Waals surface area contributed by atoms with Crippen LogP contribution in [-0.2, 0) is 0 Å². The molecule has 2 heteroatoms. The Balaban J connectivity index is 1.70. The van der Waals surface area contributed by atoms with Gasteiger partial charge in [-0.15, -0.1) is 0 Å². The topological polar surface area (TPSA) is 6.48 Å². The first-order chi connectivity index (χ1) is 8.29. The Morgan fingerprint density at radius 2 is 1.82 bits per heavy atom. The van der Waals surface area contributed by atoms with Crippen molar-refractivity contribution in [2.45, 2.75) is 12.5 Å². The second-order valence-corrected chi connectivity index (χ2v) is 4.75. The lowest BCUT2D eigenvalue weighted by Crippen LogP contribution is -2.49. The van der Waals surface area contributed by atoms with Crippen molar-refractivity contribution in [2.75, 3.05) is 32.7 Å². The molecule has 0 aromatic rings. The molecule has 1 fully saturated rings. The molecule has 1 aliphatic heterocycles. The highest BCUT2D eigenvalue weighted by atomic mass is 15.3. The maximum atomic E-state index is 3.96. The third-order valence-electron chi connectivity index (χ3n) is 3.59. The van der Waals surface area contributed by atoms with Gasteiger partial charge in [-0.05, 0) is 6.42 Å². The average molecular weight is 230 g/mol. The number of rotatable bonds is 5. The van der Waals surface area contributed by atoms with Crippen LogP contribution in [0.15, 0.2) is 49.1 Å². The van der Waals surface area contributed by atoms with Crippen LogP contribution in [0.3, 0.4) is 0 Å². The smallest absolute Gasteiger partial charge is 0.0468 e. The molecule has 92 valence electrons. The van der Waals surface area contributed by atoms with Crippen molar-refractivity contribution in [3.63, 3.8) is 0 Å². The van der Waals surface area contributed by atoms with Crippen LogP contribution in [0.1, 0.15) is 6.42 Å². The van der Waals surface area contributed by atoms with Crippen molar-refractivity contribution in [3.05, 3.63) is 49.1 Å². The molecule has 0 aromatic heterocycles. The van der Waals surface area contributed by atoms with E-state index >= 15 is 0 Å². The third kappa shape index (κ3) is 3.42. The second kappa shape index (κ2) is 5.99. The molecule has 0 atom stereocenters. The molecule has 1 heterocycles. The van der Waals surface area contributed by atoms with Crippen LogP contribution in [0.2, 0.25) is 0 Å². The van der Waals surface area contributed by atoms with Crippen molar-refractivity contribution in [1.29, 1.82) is 0 Å². The van der Waals surface area contributed by atoms with E-state index in [1.165, 1.54) is 26.2 Å². The summed E-state index contributed by atoms with van der Waals surface area (Å²) in [6.45, 7) is 13.5. The van der Waals surface area contributed by atoms with Gasteiger partial charge in [-0.2, -0.15) is 0 Å². The Bertz CT molecular complexity index is 321. The number of hydrogen-bond acceptors (Lipinski definition) is 2. The van der Waals surface area contributed by atoms with E-state index in [1.807, 2.05) is 6.08 Å². The minimum absolute atomic E-state index is 0.542. The Kier molecular flexibility index (Phi) is 4.35. The third-order valence-corrected chi connectivity index (χ3v) is 3.59. The zero-order chi connectivity index (χ0) is 12.1. The first kappa shape index (κ1) is 12.3. The van der Waals surface area contributed by atoms with Gasteiger partial charge in [0.05, 0.1) is 0 Å². The standard InChI is InChI=1S/C15H22N2/c1-3-14(2)8-9-16-10-12-17(13-11-16)15-6-4-5-7-15/h3-7,15H,1-2,8-13H2. The summed E-state index contributed by atoms with van der Waals surface area (Å²) in [5.74, 6) is 0. The van der Waals surface area contributed by atoms with Gasteiger partial charge in [0.25, 0.3) is 0 Å². The fraction of sp³-hybridized carbons (Fsp3) is 0.467. The second-order valence-electron chi connectivity index (χ2n) is 4.75. The summed E-state index contributed by atoms with van der Waals surface area (Å²) >= 11 is 0. The molecule has 2 nitrogen and oxygen atoms in total. The predicted molar refractivity (Wildman–Crippen MR) is 74.0 cm³/mol. The monoisotopic (exact) mass is 230 g/mol. The van der Waals surface area contributed by atoms with Gasteiger partial charge in [0, 0.05) is 38.8 Å². The van der Waals surface area contributed by atoms with E-state index in [4.69, 9.17) is 0 Å². The van der Waals surface area contributed by atoms with Crippen LogP contribution < -0.4 is 0 Å². The van der Waals surface area contributed by atoms with Gasteiger partial charge in [-0.1, -0.05) is 49.1 Å². The molecular weight excluding hydrogens is 208 g/mol. The summed E-state index contributed by atoms with van der Waals surface area (Å²) in [6, 6.07) is 0.542. The number of nitrogens with zero attached hydrogens (tertiary/aromatic N) is 2. The highest BCUT2D eigenvalue weighted by Gasteiger charge is 2.21. The number of piperazine rings is 1. The Hall–Kier alpha value is -1.12. The van der Waals surface area contributed by atoms with E-state index < -0.39 is 0 Å². The van der Waals surface area contributed by atoms with Crippen LogP contribution in [0.5, 0.6) is 0 Å². The molecule has 1 aliphatic carbocycles. The maximum Gasteiger partial charge on any atom is 0.0468 e. The van der Waals surface area contributed by atoms with Gasteiger partial charge in [0.15, 0.2) is 0 Å². The summed E-state index contributed by atoms with van der Waals surface area (Å²) in [7, 11) is 0. The Morgan fingerprint density at radius 3 is 2.41 bits per heavy atom. The average Bonchev–Trinajstić information content (AvgIpc) is 2.90. The van der Waals surface area contributed by atoms with Crippen molar-refractivity contribution < 1.29 is 0 Å². The van der Waals surface area contributed by atoms with Gasteiger partial charge >= 0.3 is 0 Å². The van der Waals surface area contributed by atoms with E-state index in [9.17, 15) is 0 Å². The zero-order valence-electron chi connectivity index (χ0n) is 10.5. The normalized spacial score (nSPS) is 22.1. The molecule has 0 radical (unpaired) electrons. The lowest BCUT2D eigenvalue weighted by molar-refractivity contribution is 0.126. The van der Waals surface area contributed by atoms with E-state index in [2.05, 4.69) is 47.3 Å². The molecule has 0 spiro atoms. The van der Waals surface area contributed by atoms with Crippen molar-refractivity contribution in [3.8, 4) is 0 Å². The highest BCUT2D eigenvalue weighted by Crippen LogP contribution is 2.13. The fourth-order valence-electron chi connectivity index (χ4n) is 2.35. The Morgan fingerprint density at radius 1 is 1.18 bits per heavy atom. The van der Waals surface area contributed by atoms with Crippen molar-refractivity contribution in [2.24, 2.45) is 0 Å². The van der Waals surface area contributed by atoms with Crippen LogP contribution >= 0.6 is 0 Å². The molecule has 0 saturated carbocycles. The van der Waals surface area contributed by atoms with Crippen LogP contribution in [-0.4, -0.2) is 48.6 Å². The molecule has 0 amide bonds. The minimum atomic E-state index is 0.542. The molecule has 1 saturated heterocycles. The summed E-state index contributed by atoms with van der Waals surface area (Å²) in [4.78, 5) is 5.06. The molecule has 17 heavy (non-hydrogen) atoms. The molecule has 2 rings (SSSR count). The van der Waals surface area contributed by atoms with Crippen molar-refractivity contribution in [1.82, 2.24) is 9.80 Å². The van der Waals surface area contributed by atoms with Crippen LogP contribution in [0, 0.1) is 0 Å². The van der Waals surface area contributed by atoms with Gasteiger partial charge in [0.1, 0.15) is 0 Å². The predicted octanol–water partition coefficient (Wildman–Crippen LogP) is 2.23. The quantitative estimate of drug-likeness (QED) is 0.668. The van der Waals surface area contributed by atoms with Gasteiger partial charge in [0.2, 0.25) is 0 Å². The summed E-state index contributed by atoms with van der Waals surface area (Å²) in [6.07, 6.45) is 11.7. The Labute approximate surface area is 105 Å². The van der Waals surface area contributed by atoms with E-state index in [-0.39, 0.29) is 0 Å². The van der Waals surface area contributed by atoms with Crippen LogP contribution in [0.4, 0.5) is 0 Å². The van der Waals surface area contributed by atoms with E-state index in [1.54, 1.807) is 0 Å². The molecule has 0 N–H and O–H groups in total. The number of hydrogen-bond donors (Lipinski definition) is 0. The lowest BCUT2D eigenvalue weighted by Gasteiger charge is -2.37. The van der Waals surface area contributed by atoms with Crippen molar-refractivity contribution >= 4 is 0 Å². The molecule has 0 bridgehead atoms. The largest absolute Gasteiger partial charge is 0.300 e. The molecule has 2 aliphatic rings. The fourth-order valence-corrected chi connectivity index (χ4v) is 2.35. The minimum Gasteiger partial charge on any atom is -0.300 e. The first-order valence-corrected chi connectivity index (χ1v) is 6.41.